The SMILES string of the molecule is CCOCC(=O)Nc1cc(C)c(Cl)cc1OC. The molecule has 0 saturated carbocycles. The molecule has 0 atom stereocenters. The fourth-order valence-corrected chi connectivity index (χ4v) is 1.46. The third-order valence-electron chi connectivity index (χ3n) is 2.19. The van der Waals surface area contributed by atoms with Gasteiger partial charge in [-0.3, -0.25) is 4.79 Å². The third kappa shape index (κ3) is 3.91. The first-order valence-electron chi connectivity index (χ1n) is 5.30. The van der Waals surface area contributed by atoms with E-state index in [0.717, 1.165) is 5.56 Å². The summed E-state index contributed by atoms with van der Waals surface area (Å²) in [6, 6.07) is 3.44. The lowest BCUT2D eigenvalue weighted by molar-refractivity contribution is -0.120. The number of carbonyl (C=O) groups is 1. The van der Waals surface area contributed by atoms with Crippen molar-refractivity contribution in [3.8, 4) is 5.75 Å². The molecule has 1 N–H and O–H groups in total. The molecule has 0 spiro atoms. The Bertz CT molecular complexity index is 407. The minimum Gasteiger partial charge on any atom is -0.495 e. The van der Waals surface area contributed by atoms with E-state index >= 15 is 0 Å². The van der Waals surface area contributed by atoms with E-state index in [9.17, 15) is 4.79 Å². The van der Waals surface area contributed by atoms with Crippen LogP contribution in [0, 0.1) is 6.92 Å². The number of nitrogens with one attached hydrogen (secondary N) is 1. The van der Waals surface area contributed by atoms with E-state index in [-0.39, 0.29) is 12.5 Å². The third-order valence-corrected chi connectivity index (χ3v) is 2.60. The van der Waals surface area contributed by atoms with E-state index in [1.54, 1.807) is 12.1 Å². The number of halogens is 1. The Morgan fingerprint density at radius 3 is 2.76 bits per heavy atom. The average Bonchev–Trinajstić information content (AvgIpc) is 2.31. The van der Waals surface area contributed by atoms with Crippen LogP contribution in [0.25, 0.3) is 0 Å². The minimum absolute atomic E-state index is 0.0291. The summed E-state index contributed by atoms with van der Waals surface area (Å²) in [6.45, 7) is 4.23. The van der Waals surface area contributed by atoms with Crippen molar-refractivity contribution in [3.05, 3.63) is 22.7 Å². The summed E-state index contributed by atoms with van der Waals surface area (Å²) in [5, 5.41) is 3.32. The van der Waals surface area contributed by atoms with E-state index in [1.807, 2.05) is 13.8 Å². The Hall–Kier alpha value is -1.26. The average molecular weight is 258 g/mol. The Morgan fingerprint density at radius 2 is 2.18 bits per heavy atom. The molecule has 17 heavy (non-hydrogen) atoms. The second kappa shape index (κ2) is 6.47. The van der Waals surface area contributed by atoms with Gasteiger partial charge >= 0.3 is 0 Å². The molecule has 0 aromatic heterocycles. The summed E-state index contributed by atoms with van der Waals surface area (Å²) < 4.78 is 10.2. The second-order valence-corrected chi connectivity index (χ2v) is 3.89. The molecule has 0 aliphatic heterocycles. The Kier molecular flexibility index (Phi) is 5.25. The highest BCUT2D eigenvalue weighted by Crippen LogP contribution is 2.30. The van der Waals surface area contributed by atoms with Gasteiger partial charge in [-0.05, 0) is 25.5 Å². The molecular formula is C12H16ClNO3. The van der Waals surface area contributed by atoms with Crippen LogP contribution in [-0.4, -0.2) is 26.2 Å². The van der Waals surface area contributed by atoms with E-state index in [2.05, 4.69) is 5.32 Å². The maximum absolute atomic E-state index is 11.5. The number of anilines is 1. The molecule has 1 aromatic rings. The number of hydrogen-bond donors (Lipinski definition) is 1. The van der Waals surface area contributed by atoms with Gasteiger partial charge in [0, 0.05) is 17.7 Å². The standard InChI is InChI=1S/C12H16ClNO3/c1-4-17-7-12(15)14-10-5-8(2)9(13)6-11(10)16-3/h5-6H,4,7H2,1-3H3,(H,14,15). The second-order valence-electron chi connectivity index (χ2n) is 3.49. The molecule has 0 saturated heterocycles. The van der Waals surface area contributed by atoms with E-state index < -0.39 is 0 Å². The van der Waals surface area contributed by atoms with Crippen molar-refractivity contribution >= 4 is 23.2 Å². The fraction of sp³-hybridized carbons (Fsp3) is 0.417. The number of methoxy groups -OCH3 is 1. The number of aryl methyl sites for hydroxylation is 1. The first-order chi connectivity index (χ1) is 8.08. The maximum Gasteiger partial charge on any atom is 0.250 e. The van der Waals surface area contributed by atoms with Crippen LogP contribution in [0.1, 0.15) is 12.5 Å². The number of rotatable bonds is 5. The van der Waals surface area contributed by atoms with Gasteiger partial charge in [-0.15, -0.1) is 0 Å². The van der Waals surface area contributed by atoms with E-state index in [0.29, 0.717) is 23.1 Å². The lowest BCUT2D eigenvalue weighted by atomic mass is 10.2. The number of ether oxygens (including phenoxy) is 2. The lowest BCUT2D eigenvalue weighted by Gasteiger charge is -2.12. The van der Waals surface area contributed by atoms with Gasteiger partial charge in [0.15, 0.2) is 0 Å². The molecule has 94 valence electrons. The van der Waals surface area contributed by atoms with Gasteiger partial charge in [-0.25, -0.2) is 0 Å². The Labute approximate surface area is 106 Å². The van der Waals surface area contributed by atoms with Crippen LogP contribution in [0.2, 0.25) is 5.02 Å². The molecule has 1 rings (SSSR count). The molecular weight excluding hydrogens is 242 g/mol. The van der Waals surface area contributed by atoms with Crippen LogP contribution in [0.4, 0.5) is 5.69 Å². The molecule has 1 amide bonds. The van der Waals surface area contributed by atoms with Gasteiger partial charge in [0.1, 0.15) is 12.4 Å². The van der Waals surface area contributed by atoms with Crippen molar-refractivity contribution in [1.82, 2.24) is 0 Å². The smallest absolute Gasteiger partial charge is 0.250 e. The monoisotopic (exact) mass is 257 g/mol. The zero-order valence-electron chi connectivity index (χ0n) is 10.2. The molecule has 0 unspecified atom stereocenters. The van der Waals surface area contributed by atoms with Crippen LogP contribution < -0.4 is 10.1 Å². The fourth-order valence-electron chi connectivity index (χ4n) is 1.31. The molecule has 0 fully saturated rings. The van der Waals surface area contributed by atoms with E-state index in [1.165, 1.54) is 7.11 Å². The van der Waals surface area contributed by atoms with E-state index in [4.69, 9.17) is 21.1 Å². The molecule has 1 aromatic carbocycles. The van der Waals surface area contributed by atoms with Crippen LogP contribution in [0.15, 0.2) is 12.1 Å². The minimum atomic E-state index is -0.216. The quantitative estimate of drug-likeness (QED) is 0.882. The Balaban J connectivity index is 2.82. The van der Waals surface area contributed by atoms with Gasteiger partial charge in [-0.1, -0.05) is 11.6 Å². The first-order valence-corrected chi connectivity index (χ1v) is 5.68. The molecule has 0 bridgehead atoms. The predicted octanol–water partition coefficient (Wildman–Crippen LogP) is 2.63. The number of carbonyl (C=O) groups excluding carboxylic acids is 1. The highest BCUT2D eigenvalue weighted by molar-refractivity contribution is 6.31. The molecule has 4 nitrogen and oxygen atoms in total. The van der Waals surface area contributed by atoms with Crippen molar-refractivity contribution in [2.45, 2.75) is 13.8 Å². The van der Waals surface area contributed by atoms with Crippen LogP contribution in [0.5, 0.6) is 5.75 Å². The summed E-state index contributed by atoms with van der Waals surface area (Å²) in [5.74, 6) is 0.317. The summed E-state index contributed by atoms with van der Waals surface area (Å²) in [6.07, 6.45) is 0. The van der Waals surface area contributed by atoms with Crippen molar-refractivity contribution in [3.63, 3.8) is 0 Å². The van der Waals surface area contributed by atoms with Crippen LogP contribution in [0.3, 0.4) is 0 Å². The van der Waals surface area contributed by atoms with Gasteiger partial charge in [0.25, 0.3) is 0 Å². The number of benzene rings is 1. The topological polar surface area (TPSA) is 47.6 Å². The molecule has 0 aliphatic carbocycles. The number of amides is 1. The maximum atomic E-state index is 11.5. The summed E-state index contributed by atoms with van der Waals surface area (Å²) >= 11 is 5.97. The zero-order chi connectivity index (χ0) is 12.8. The first kappa shape index (κ1) is 13.8. The van der Waals surface area contributed by atoms with Crippen LogP contribution >= 0.6 is 11.6 Å². The molecule has 5 heteroatoms. The summed E-state index contributed by atoms with van der Waals surface area (Å²) in [5.41, 5.74) is 1.47. The van der Waals surface area contributed by atoms with Gasteiger partial charge < -0.3 is 14.8 Å². The summed E-state index contributed by atoms with van der Waals surface area (Å²) in [4.78, 5) is 11.5. The van der Waals surface area contributed by atoms with Crippen molar-refractivity contribution in [2.75, 3.05) is 25.6 Å². The van der Waals surface area contributed by atoms with Gasteiger partial charge in [0.05, 0.1) is 12.8 Å². The molecule has 0 aliphatic rings. The van der Waals surface area contributed by atoms with Crippen molar-refractivity contribution in [2.24, 2.45) is 0 Å². The largest absolute Gasteiger partial charge is 0.495 e. The molecule has 0 radical (unpaired) electrons. The highest BCUT2D eigenvalue weighted by Gasteiger charge is 2.10. The molecule has 0 heterocycles. The van der Waals surface area contributed by atoms with Gasteiger partial charge in [-0.2, -0.15) is 0 Å². The Morgan fingerprint density at radius 1 is 1.47 bits per heavy atom. The normalized spacial score (nSPS) is 10.1. The summed E-state index contributed by atoms with van der Waals surface area (Å²) in [7, 11) is 1.53. The van der Waals surface area contributed by atoms with Crippen molar-refractivity contribution in [1.29, 1.82) is 0 Å². The number of hydrogen-bond acceptors (Lipinski definition) is 3. The predicted molar refractivity (Wildman–Crippen MR) is 67.9 cm³/mol. The zero-order valence-corrected chi connectivity index (χ0v) is 10.9. The highest BCUT2D eigenvalue weighted by atomic mass is 35.5. The van der Waals surface area contributed by atoms with Crippen LogP contribution in [-0.2, 0) is 9.53 Å². The van der Waals surface area contributed by atoms with Crippen molar-refractivity contribution < 1.29 is 14.3 Å². The lowest BCUT2D eigenvalue weighted by Crippen LogP contribution is -2.18. The van der Waals surface area contributed by atoms with Gasteiger partial charge in [0.2, 0.25) is 5.91 Å².